The van der Waals surface area contributed by atoms with Gasteiger partial charge in [-0.15, -0.1) is 0 Å². The van der Waals surface area contributed by atoms with Crippen LogP contribution in [0, 0.1) is 6.92 Å². The highest BCUT2D eigenvalue weighted by molar-refractivity contribution is 6.33. The number of anilines is 1. The molecule has 0 aliphatic rings. The number of carboxylic acid groups (broad SMARTS) is 1. The normalized spacial score (nSPS) is 10.2. The summed E-state index contributed by atoms with van der Waals surface area (Å²) in [6.45, 7) is 2.61. The van der Waals surface area contributed by atoms with Crippen LogP contribution in [0.1, 0.15) is 21.5 Å². The van der Waals surface area contributed by atoms with Crippen molar-refractivity contribution in [3.8, 4) is 0 Å². The first-order valence-electron chi connectivity index (χ1n) is 5.74. The van der Waals surface area contributed by atoms with Gasteiger partial charge < -0.3 is 10.4 Å². The van der Waals surface area contributed by atoms with Crippen molar-refractivity contribution in [2.75, 3.05) is 5.32 Å². The largest absolute Gasteiger partial charge is 0.478 e. The molecule has 0 radical (unpaired) electrons. The molecule has 5 heteroatoms. The van der Waals surface area contributed by atoms with E-state index in [1.54, 1.807) is 0 Å². The van der Waals surface area contributed by atoms with Crippen LogP contribution in [0.4, 0.5) is 5.82 Å². The number of hydrogen-bond donors (Lipinski definition) is 2. The van der Waals surface area contributed by atoms with Crippen molar-refractivity contribution in [1.82, 2.24) is 4.98 Å². The van der Waals surface area contributed by atoms with Crippen LogP contribution < -0.4 is 5.32 Å². The maximum absolute atomic E-state index is 10.8. The van der Waals surface area contributed by atoms with Gasteiger partial charge in [0.15, 0.2) is 0 Å². The molecule has 0 saturated carbocycles. The minimum atomic E-state index is -1.04. The van der Waals surface area contributed by atoms with E-state index in [0.29, 0.717) is 17.4 Å². The molecule has 1 heterocycles. The van der Waals surface area contributed by atoms with Crippen LogP contribution in [0.2, 0.25) is 5.02 Å². The van der Waals surface area contributed by atoms with Crippen molar-refractivity contribution in [3.05, 3.63) is 58.2 Å². The molecule has 1 aromatic carbocycles. The smallest absolute Gasteiger partial charge is 0.337 e. The third kappa shape index (κ3) is 3.45. The predicted octanol–water partition coefficient (Wildman–Crippen LogP) is 3.35. The Balaban J connectivity index is 2.10. The summed E-state index contributed by atoms with van der Waals surface area (Å²) in [5.41, 5.74) is 2.37. The number of carbonyl (C=O) groups is 1. The molecule has 0 aliphatic carbocycles. The maximum atomic E-state index is 10.8. The summed E-state index contributed by atoms with van der Waals surface area (Å²) in [7, 11) is 0. The molecule has 0 spiro atoms. The van der Waals surface area contributed by atoms with E-state index in [-0.39, 0.29) is 5.56 Å². The number of rotatable bonds is 4. The first-order valence-corrected chi connectivity index (χ1v) is 6.12. The van der Waals surface area contributed by atoms with Crippen molar-refractivity contribution >= 4 is 23.4 Å². The lowest BCUT2D eigenvalue weighted by Crippen LogP contribution is -2.04. The molecule has 0 unspecified atom stereocenters. The average molecular weight is 277 g/mol. The topological polar surface area (TPSA) is 62.2 Å². The van der Waals surface area contributed by atoms with Crippen LogP contribution in [0.5, 0.6) is 0 Å². The molecule has 1 aromatic heterocycles. The number of carboxylic acids is 1. The van der Waals surface area contributed by atoms with Gasteiger partial charge in [0.05, 0.1) is 10.6 Å². The fraction of sp³-hybridized carbons (Fsp3) is 0.143. The fourth-order valence-electron chi connectivity index (χ4n) is 1.69. The predicted molar refractivity (Wildman–Crippen MR) is 74.7 cm³/mol. The van der Waals surface area contributed by atoms with Crippen molar-refractivity contribution in [2.24, 2.45) is 0 Å². The number of hydrogen-bond acceptors (Lipinski definition) is 3. The van der Waals surface area contributed by atoms with E-state index in [1.165, 1.54) is 17.8 Å². The second-order valence-corrected chi connectivity index (χ2v) is 4.61. The van der Waals surface area contributed by atoms with Crippen molar-refractivity contribution < 1.29 is 9.90 Å². The Hall–Kier alpha value is -2.07. The molecule has 98 valence electrons. The van der Waals surface area contributed by atoms with Crippen LogP contribution in [0.25, 0.3) is 0 Å². The van der Waals surface area contributed by atoms with Gasteiger partial charge in [0, 0.05) is 12.7 Å². The second kappa shape index (κ2) is 5.71. The van der Waals surface area contributed by atoms with Crippen LogP contribution in [0.3, 0.4) is 0 Å². The fourth-order valence-corrected chi connectivity index (χ4v) is 1.93. The molecule has 0 amide bonds. The highest BCUT2D eigenvalue weighted by Gasteiger charge is 2.08. The summed E-state index contributed by atoms with van der Waals surface area (Å²) in [5.74, 6) is -0.562. The minimum absolute atomic E-state index is 0.0751. The first kappa shape index (κ1) is 13.4. The van der Waals surface area contributed by atoms with Gasteiger partial charge in [0.1, 0.15) is 5.82 Å². The highest BCUT2D eigenvalue weighted by Crippen LogP contribution is 2.20. The van der Waals surface area contributed by atoms with Crippen LogP contribution in [0.15, 0.2) is 36.5 Å². The van der Waals surface area contributed by atoms with E-state index in [9.17, 15) is 4.79 Å². The molecule has 0 atom stereocenters. The summed E-state index contributed by atoms with van der Waals surface area (Å²) >= 11 is 5.98. The summed E-state index contributed by atoms with van der Waals surface area (Å²) in [5, 5.41) is 12.2. The molecule has 0 aliphatic heterocycles. The summed E-state index contributed by atoms with van der Waals surface area (Å²) in [4.78, 5) is 14.8. The molecule has 0 saturated heterocycles. The van der Waals surface area contributed by atoms with Crippen LogP contribution >= 0.6 is 11.6 Å². The molecular weight excluding hydrogens is 264 g/mol. The molecule has 0 fully saturated rings. The van der Waals surface area contributed by atoms with Gasteiger partial charge in [-0.3, -0.25) is 0 Å². The number of aromatic carboxylic acids is 1. The molecule has 19 heavy (non-hydrogen) atoms. The Morgan fingerprint density at radius 3 is 2.84 bits per heavy atom. The molecule has 2 aromatic rings. The van der Waals surface area contributed by atoms with Gasteiger partial charge in [0.25, 0.3) is 0 Å². The summed E-state index contributed by atoms with van der Waals surface area (Å²) < 4.78 is 0. The van der Waals surface area contributed by atoms with E-state index in [2.05, 4.69) is 16.4 Å². The Labute approximate surface area is 116 Å². The Morgan fingerprint density at radius 1 is 1.42 bits per heavy atom. The standard InChI is InChI=1S/C14H13ClN2O2/c1-9-3-2-4-10(5-9)7-16-13-12(15)6-11(8-17-13)14(18)19/h2-6,8H,7H2,1H3,(H,16,17)(H,18,19). The van der Waals surface area contributed by atoms with E-state index in [1.807, 2.05) is 25.1 Å². The number of benzene rings is 1. The lowest BCUT2D eigenvalue weighted by Gasteiger charge is -2.08. The van der Waals surface area contributed by atoms with E-state index >= 15 is 0 Å². The van der Waals surface area contributed by atoms with E-state index in [4.69, 9.17) is 16.7 Å². The molecular formula is C14H13ClN2O2. The lowest BCUT2D eigenvalue weighted by molar-refractivity contribution is 0.0696. The molecule has 0 bridgehead atoms. The molecule has 2 N–H and O–H groups in total. The van der Waals surface area contributed by atoms with Gasteiger partial charge in [-0.05, 0) is 18.6 Å². The van der Waals surface area contributed by atoms with Gasteiger partial charge in [0.2, 0.25) is 0 Å². The zero-order valence-electron chi connectivity index (χ0n) is 10.4. The third-order valence-corrected chi connectivity index (χ3v) is 2.92. The summed E-state index contributed by atoms with van der Waals surface area (Å²) in [6.07, 6.45) is 1.28. The molecule has 4 nitrogen and oxygen atoms in total. The van der Waals surface area contributed by atoms with Gasteiger partial charge in [-0.25, -0.2) is 9.78 Å². The van der Waals surface area contributed by atoms with Gasteiger partial charge in [-0.1, -0.05) is 41.4 Å². The van der Waals surface area contributed by atoms with Crippen molar-refractivity contribution in [3.63, 3.8) is 0 Å². The van der Waals surface area contributed by atoms with Crippen molar-refractivity contribution in [1.29, 1.82) is 0 Å². The van der Waals surface area contributed by atoms with E-state index < -0.39 is 5.97 Å². The number of nitrogens with zero attached hydrogens (tertiary/aromatic N) is 1. The zero-order valence-corrected chi connectivity index (χ0v) is 11.1. The first-order chi connectivity index (χ1) is 9.06. The van der Waals surface area contributed by atoms with Gasteiger partial charge >= 0.3 is 5.97 Å². The number of aromatic nitrogens is 1. The Bertz CT molecular complexity index is 614. The maximum Gasteiger partial charge on any atom is 0.337 e. The number of pyridine rings is 1. The van der Waals surface area contributed by atoms with Gasteiger partial charge in [-0.2, -0.15) is 0 Å². The number of nitrogens with one attached hydrogen (secondary N) is 1. The van der Waals surface area contributed by atoms with Crippen LogP contribution in [-0.4, -0.2) is 16.1 Å². The highest BCUT2D eigenvalue weighted by atomic mass is 35.5. The third-order valence-electron chi connectivity index (χ3n) is 2.63. The minimum Gasteiger partial charge on any atom is -0.478 e. The van der Waals surface area contributed by atoms with Crippen LogP contribution in [-0.2, 0) is 6.54 Å². The summed E-state index contributed by atoms with van der Waals surface area (Å²) in [6, 6.07) is 9.45. The SMILES string of the molecule is Cc1cccc(CNc2ncc(C(=O)O)cc2Cl)c1. The second-order valence-electron chi connectivity index (χ2n) is 4.20. The molecule has 2 rings (SSSR count). The van der Waals surface area contributed by atoms with E-state index in [0.717, 1.165) is 5.56 Å². The monoisotopic (exact) mass is 276 g/mol. The number of halogens is 1. The number of aryl methyl sites for hydroxylation is 1. The Morgan fingerprint density at radius 2 is 2.21 bits per heavy atom. The quantitative estimate of drug-likeness (QED) is 0.899. The van der Waals surface area contributed by atoms with Crippen molar-refractivity contribution in [2.45, 2.75) is 13.5 Å². The lowest BCUT2D eigenvalue weighted by atomic mass is 10.1. The zero-order chi connectivity index (χ0) is 13.8. The Kier molecular flexibility index (Phi) is 4.02. The average Bonchev–Trinajstić information content (AvgIpc) is 2.37.